The quantitative estimate of drug-likeness (QED) is 0.275. The van der Waals surface area contributed by atoms with Crippen LogP contribution in [0, 0.1) is 0 Å². The molecule has 0 saturated carbocycles. The van der Waals surface area contributed by atoms with E-state index in [0.717, 1.165) is 34.3 Å². The predicted molar refractivity (Wildman–Crippen MR) is 158 cm³/mol. The van der Waals surface area contributed by atoms with Crippen molar-refractivity contribution in [1.82, 2.24) is 9.88 Å². The fourth-order valence-electron chi connectivity index (χ4n) is 4.39. The van der Waals surface area contributed by atoms with Crippen LogP contribution in [0.15, 0.2) is 71.6 Å². The standard InChI is InChI=1S/C27H27ClN4O3S2.ClH/c1-30(2)16-17-31(27-29-23-14-11-21(28)18-25(23)36-27)26(33)20-9-12-22(13-10-20)37(34,35)32-15-5-7-19-6-3-4-8-24(19)32;/h3-4,6,8-14,18H,5,7,15-17H2,1-2H3;1H. The lowest BCUT2D eigenvalue weighted by atomic mass is 10.0. The fraction of sp³-hybridized carbons (Fsp3) is 0.259. The number of aryl methyl sites for hydroxylation is 1. The number of thiazole rings is 1. The molecule has 2 heterocycles. The van der Waals surface area contributed by atoms with Gasteiger partial charge in [0.1, 0.15) is 0 Å². The van der Waals surface area contributed by atoms with Gasteiger partial charge in [-0.1, -0.05) is 41.1 Å². The Morgan fingerprint density at radius 1 is 1.05 bits per heavy atom. The molecule has 0 unspecified atom stereocenters. The van der Waals surface area contributed by atoms with E-state index < -0.39 is 10.0 Å². The molecule has 0 N–H and O–H groups in total. The number of nitrogens with zero attached hydrogens (tertiary/aromatic N) is 4. The molecule has 0 radical (unpaired) electrons. The van der Waals surface area contributed by atoms with Crippen molar-refractivity contribution >= 4 is 72.3 Å². The summed E-state index contributed by atoms with van der Waals surface area (Å²) in [6.07, 6.45) is 1.62. The number of carbonyl (C=O) groups is 1. The second-order valence-electron chi connectivity index (χ2n) is 9.20. The number of likely N-dealkylation sites (N-methyl/N-ethyl adjacent to an activating group) is 1. The molecule has 1 amide bonds. The van der Waals surface area contributed by atoms with Gasteiger partial charge in [0.2, 0.25) is 0 Å². The maximum Gasteiger partial charge on any atom is 0.264 e. The summed E-state index contributed by atoms with van der Waals surface area (Å²) in [5, 5.41) is 1.19. The van der Waals surface area contributed by atoms with Crippen LogP contribution in [0.3, 0.4) is 0 Å². The molecule has 1 aliphatic rings. The summed E-state index contributed by atoms with van der Waals surface area (Å²) in [6, 6.07) is 19.2. The van der Waals surface area contributed by atoms with Gasteiger partial charge in [-0.25, -0.2) is 13.4 Å². The normalized spacial score (nSPS) is 13.3. The minimum atomic E-state index is -3.75. The highest BCUT2D eigenvalue weighted by molar-refractivity contribution is 7.92. The zero-order valence-electron chi connectivity index (χ0n) is 21.0. The highest BCUT2D eigenvalue weighted by Gasteiger charge is 2.29. The lowest BCUT2D eigenvalue weighted by Gasteiger charge is -2.30. The maximum atomic E-state index is 13.6. The Kier molecular flexibility index (Phi) is 8.64. The average molecular weight is 592 g/mol. The molecule has 200 valence electrons. The van der Waals surface area contributed by atoms with E-state index >= 15 is 0 Å². The Morgan fingerprint density at radius 2 is 1.79 bits per heavy atom. The van der Waals surface area contributed by atoms with E-state index in [1.165, 1.54) is 27.8 Å². The number of amides is 1. The third-order valence-electron chi connectivity index (χ3n) is 6.34. The SMILES string of the molecule is CN(C)CCN(C(=O)c1ccc(S(=O)(=O)N2CCCc3ccccc32)cc1)c1nc2ccc(Cl)cc2s1.Cl. The van der Waals surface area contributed by atoms with Crippen LogP contribution in [0.25, 0.3) is 10.2 Å². The highest BCUT2D eigenvalue weighted by Crippen LogP contribution is 2.33. The fourth-order valence-corrected chi connectivity index (χ4v) is 7.19. The third-order valence-corrected chi connectivity index (χ3v) is 9.45. The van der Waals surface area contributed by atoms with E-state index in [0.29, 0.717) is 35.4 Å². The number of rotatable bonds is 7. The van der Waals surface area contributed by atoms with Gasteiger partial charge in [0, 0.05) is 30.2 Å². The first-order valence-corrected chi connectivity index (χ1v) is 14.6. The van der Waals surface area contributed by atoms with Crippen molar-refractivity contribution in [2.75, 3.05) is 42.9 Å². The van der Waals surface area contributed by atoms with Gasteiger partial charge in [-0.15, -0.1) is 12.4 Å². The number of hydrogen-bond donors (Lipinski definition) is 0. The first-order chi connectivity index (χ1) is 17.7. The van der Waals surface area contributed by atoms with Crippen LogP contribution in [0.1, 0.15) is 22.3 Å². The molecule has 5 rings (SSSR count). The number of para-hydroxylation sites is 1. The Balaban J connectivity index is 0.00000336. The maximum absolute atomic E-state index is 13.6. The summed E-state index contributed by atoms with van der Waals surface area (Å²) in [5.74, 6) is -0.237. The van der Waals surface area contributed by atoms with Crippen molar-refractivity contribution in [3.63, 3.8) is 0 Å². The molecule has 0 saturated heterocycles. The van der Waals surface area contributed by atoms with Crippen molar-refractivity contribution in [3.8, 4) is 0 Å². The zero-order valence-corrected chi connectivity index (χ0v) is 24.2. The van der Waals surface area contributed by atoms with Crippen molar-refractivity contribution in [2.45, 2.75) is 17.7 Å². The van der Waals surface area contributed by atoms with E-state index in [1.807, 2.05) is 55.4 Å². The van der Waals surface area contributed by atoms with Crippen LogP contribution in [0.5, 0.6) is 0 Å². The van der Waals surface area contributed by atoms with Gasteiger partial charge in [-0.3, -0.25) is 14.0 Å². The van der Waals surface area contributed by atoms with Crippen molar-refractivity contribution < 1.29 is 13.2 Å². The summed E-state index contributed by atoms with van der Waals surface area (Å²) in [6.45, 7) is 1.51. The highest BCUT2D eigenvalue weighted by atomic mass is 35.5. The number of aromatic nitrogens is 1. The molecule has 7 nitrogen and oxygen atoms in total. The van der Waals surface area contributed by atoms with Crippen LogP contribution in [-0.4, -0.2) is 57.9 Å². The Morgan fingerprint density at radius 3 is 2.53 bits per heavy atom. The Bertz CT molecular complexity index is 1560. The smallest absolute Gasteiger partial charge is 0.264 e. The monoisotopic (exact) mass is 590 g/mol. The molecule has 3 aromatic carbocycles. The third kappa shape index (κ3) is 5.67. The summed E-state index contributed by atoms with van der Waals surface area (Å²) in [5.41, 5.74) is 2.92. The minimum absolute atomic E-state index is 0. The van der Waals surface area contributed by atoms with Crippen LogP contribution in [-0.2, 0) is 16.4 Å². The summed E-state index contributed by atoms with van der Waals surface area (Å²) >= 11 is 7.55. The molecule has 1 aliphatic heterocycles. The predicted octanol–water partition coefficient (Wildman–Crippen LogP) is 5.72. The van der Waals surface area contributed by atoms with Gasteiger partial charge < -0.3 is 4.90 Å². The van der Waals surface area contributed by atoms with E-state index in [2.05, 4.69) is 4.98 Å². The largest absolute Gasteiger partial charge is 0.308 e. The van der Waals surface area contributed by atoms with Crippen LogP contribution >= 0.6 is 35.3 Å². The molecule has 4 aromatic rings. The van der Waals surface area contributed by atoms with Crippen molar-refractivity contribution in [2.24, 2.45) is 0 Å². The van der Waals surface area contributed by atoms with Crippen LogP contribution in [0.2, 0.25) is 5.02 Å². The first kappa shape index (κ1) is 28.3. The molecule has 11 heteroatoms. The van der Waals surface area contributed by atoms with Gasteiger partial charge >= 0.3 is 0 Å². The second kappa shape index (κ2) is 11.6. The van der Waals surface area contributed by atoms with Gasteiger partial charge in [-0.2, -0.15) is 0 Å². The molecule has 0 atom stereocenters. The number of sulfonamides is 1. The molecule has 1 aromatic heterocycles. The van der Waals surface area contributed by atoms with Gasteiger partial charge in [0.05, 0.1) is 20.8 Å². The van der Waals surface area contributed by atoms with Crippen molar-refractivity contribution in [3.05, 3.63) is 82.9 Å². The summed E-state index contributed by atoms with van der Waals surface area (Å²) < 4.78 is 29.4. The van der Waals surface area contributed by atoms with Gasteiger partial charge in [0.15, 0.2) is 5.13 Å². The molecule has 0 spiro atoms. The van der Waals surface area contributed by atoms with Gasteiger partial charge in [0.25, 0.3) is 15.9 Å². The number of carbonyl (C=O) groups excluding carboxylic acids is 1. The number of benzene rings is 3. The minimum Gasteiger partial charge on any atom is -0.308 e. The summed E-state index contributed by atoms with van der Waals surface area (Å²) in [7, 11) is 0.133. The van der Waals surface area contributed by atoms with E-state index in [1.54, 1.807) is 23.1 Å². The van der Waals surface area contributed by atoms with E-state index in [-0.39, 0.29) is 23.2 Å². The molecule has 0 aliphatic carbocycles. The molecule has 0 bridgehead atoms. The number of halogens is 2. The van der Waals surface area contributed by atoms with E-state index in [4.69, 9.17) is 11.6 Å². The lowest BCUT2D eigenvalue weighted by Crippen LogP contribution is -2.37. The molecule has 38 heavy (non-hydrogen) atoms. The number of hydrogen-bond acceptors (Lipinski definition) is 6. The molecular formula is C27H28Cl2N4O3S2. The second-order valence-corrected chi connectivity index (χ2v) is 12.5. The molecular weight excluding hydrogens is 563 g/mol. The topological polar surface area (TPSA) is 73.8 Å². The Hall–Kier alpha value is -2.69. The van der Waals surface area contributed by atoms with Crippen LogP contribution in [0.4, 0.5) is 10.8 Å². The lowest BCUT2D eigenvalue weighted by molar-refractivity contribution is 0.0985. The number of fused-ring (bicyclic) bond motifs is 2. The summed E-state index contributed by atoms with van der Waals surface area (Å²) in [4.78, 5) is 22.1. The number of anilines is 2. The van der Waals surface area contributed by atoms with Crippen molar-refractivity contribution in [1.29, 1.82) is 0 Å². The molecule has 0 fully saturated rings. The zero-order chi connectivity index (χ0) is 26.2. The van der Waals surface area contributed by atoms with Gasteiger partial charge in [-0.05, 0) is 81.0 Å². The Labute approximate surface area is 238 Å². The average Bonchev–Trinajstić information content (AvgIpc) is 3.31. The van der Waals surface area contributed by atoms with Crippen LogP contribution < -0.4 is 9.21 Å². The first-order valence-electron chi connectivity index (χ1n) is 12.0. The van der Waals surface area contributed by atoms with E-state index in [9.17, 15) is 13.2 Å².